The minimum absolute atomic E-state index is 0.0708. The third kappa shape index (κ3) is 2.56. The number of methoxy groups -OCH3 is 1. The number of nitrogens with zero attached hydrogens (tertiary/aromatic N) is 1. The van der Waals surface area contributed by atoms with Crippen LogP contribution in [0.5, 0.6) is 5.88 Å². The van der Waals surface area contributed by atoms with Crippen LogP contribution in [-0.2, 0) is 0 Å². The topological polar surface area (TPSA) is 39.2 Å². The molecule has 0 atom stereocenters. The van der Waals surface area contributed by atoms with Crippen LogP contribution < -0.4 is 4.74 Å². The van der Waals surface area contributed by atoms with Crippen LogP contribution in [0.2, 0.25) is 0 Å². The van der Waals surface area contributed by atoms with E-state index < -0.39 is 0 Å². The van der Waals surface area contributed by atoms with Gasteiger partial charge in [0.1, 0.15) is 0 Å². The normalized spacial score (nSPS) is 10.2. The fourth-order valence-corrected chi connectivity index (χ4v) is 1.82. The highest BCUT2D eigenvalue weighted by Gasteiger charge is 2.05. The van der Waals surface area contributed by atoms with Crippen LogP contribution in [0.15, 0.2) is 36.5 Å². The van der Waals surface area contributed by atoms with E-state index >= 15 is 0 Å². The molecule has 2 rings (SSSR count). The first kappa shape index (κ1) is 12.3. The standard InChI is InChI=1S/C15H15NO2/c1-10-6-13(11(2)17)8-14(7-10)12-4-5-15(18-3)16-9-12/h4-9H,1-3H3. The molecule has 1 aromatic carbocycles. The number of carbonyl (C=O) groups is 1. The molecule has 0 aliphatic carbocycles. The highest BCUT2D eigenvalue weighted by atomic mass is 16.5. The van der Waals surface area contributed by atoms with Crippen molar-refractivity contribution in [1.82, 2.24) is 4.98 Å². The molecular formula is C15H15NO2. The van der Waals surface area contributed by atoms with E-state index in [-0.39, 0.29) is 5.78 Å². The summed E-state index contributed by atoms with van der Waals surface area (Å²) in [5.74, 6) is 0.652. The van der Waals surface area contributed by atoms with Crippen LogP contribution in [0.25, 0.3) is 11.1 Å². The van der Waals surface area contributed by atoms with Crippen molar-refractivity contribution in [3.8, 4) is 17.0 Å². The molecule has 0 unspecified atom stereocenters. The second kappa shape index (κ2) is 5.00. The fourth-order valence-electron chi connectivity index (χ4n) is 1.82. The maximum absolute atomic E-state index is 11.4. The Labute approximate surface area is 106 Å². The number of Topliss-reactive ketones (excluding diaryl/α,β-unsaturated/α-hetero) is 1. The van der Waals surface area contributed by atoms with Gasteiger partial charge in [-0.1, -0.05) is 6.07 Å². The summed E-state index contributed by atoms with van der Waals surface area (Å²) in [4.78, 5) is 15.6. The summed E-state index contributed by atoms with van der Waals surface area (Å²) in [7, 11) is 1.59. The summed E-state index contributed by atoms with van der Waals surface area (Å²) in [6.07, 6.45) is 1.75. The van der Waals surface area contributed by atoms with Crippen molar-refractivity contribution in [2.75, 3.05) is 7.11 Å². The molecule has 0 N–H and O–H groups in total. The molecule has 0 saturated carbocycles. The monoisotopic (exact) mass is 241 g/mol. The zero-order chi connectivity index (χ0) is 13.1. The number of aryl methyl sites for hydroxylation is 1. The summed E-state index contributed by atoms with van der Waals surface area (Å²) in [6.45, 7) is 3.55. The zero-order valence-electron chi connectivity index (χ0n) is 10.7. The first-order valence-corrected chi connectivity index (χ1v) is 5.73. The first-order chi connectivity index (χ1) is 8.60. The molecule has 0 saturated heterocycles. The van der Waals surface area contributed by atoms with Crippen LogP contribution in [0.1, 0.15) is 22.8 Å². The Morgan fingerprint density at radius 2 is 1.94 bits per heavy atom. The maximum Gasteiger partial charge on any atom is 0.212 e. The van der Waals surface area contributed by atoms with Crippen molar-refractivity contribution in [1.29, 1.82) is 0 Å². The molecule has 0 aliphatic rings. The Morgan fingerprint density at radius 3 is 2.50 bits per heavy atom. The van der Waals surface area contributed by atoms with Gasteiger partial charge in [0.15, 0.2) is 5.78 Å². The van der Waals surface area contributed by atoms with Crippen molar-refractivity contribution in [3.63, 3.8) is 0 Å². The van der Waals surface area contributed by atoms with E-state index in [1.807, 2.05) is 37.3 Å². The van der Waals surface area contributed by atoms with Gasteiger partial charge in [-0.3, -0.25) is 4.79 Å². The smallest absolute Gasteiger partial charge is 0.212 e. The number of rotatable bonds is 3. The Kier molecular flexibility index (Phi) is 3.42. The lowest BCUT2D eigenvalue weighted by Gasteiger charge is -2.06. The van der Waals surface area contributed by atoms with Crippen molar-refractivity contribution < 1.29 is 9.53 Å². The van der Waals surface area contributed by atoms with Gasteiger partial charge in [0.2, 0.25) is 5.88 Å². The molecular weight excluding hydrogens is 226 g/mol. The molecule has 0 fully saturated rings. The van der Waals surface area contributed by atoms with Gasteiger partial charge in [0.05, 0.1) is 7.11 Å². The van der Waals surface area contributed by atoms with E-state index in [1.165, 1.54) is 0 Å². The van der Waals surface area contributed by atoms with Crippen LogP contribution in [-0.4, -0.2) is 17.9 Å². The Morgan fingerprint density at radius 1 is 1.17 bits per heavy atom. The van der Waals surface area contributed by atoms with Crippen LogP contribution >= 0.6 is 0 Å². The second-order valence-electron chi connectivity index (χ2n) is 4.23. The van der Waals surface area contributed by atoms with Gasteiger partial charge in [-0.15, -0.1) is 0 Å². The molecule has 2 aromatic rings. The number of benzene rings is 1. The molecule has 0 spiro atoms. The van der Waals surface area contributed by atoms with E-state index in [1.54, 1.807) is 20.2 Å². The number of aromatic nitrogens is 1. The van der Waals surface area contributed by atoms with Gasteiger partial charge in [-0.25, -0.2) is 4.98 Å². The summed E-state index contributed by atoms with van der Waals surface area (Å²) in [6, 6.07) is 9.56. The predicted molar refractivity (Wildman–Crippen MR) is 71.0 cm³/mol. The maximum atomic E-state index is 11.4. The van der Waals surface area contributed by atoms with Gasteiger partial charge in [0.25, 0.3) is 0 Å². The third-order valence-electron chi connectivity index (χ3n) is 2.76. The molecule has 92 valence electrons. The molecule has 3 heteroatoms. The highest BCUT2D eigenvalue weighted by Crippen LogP contribution is 2.23. The first-order valence-electron chi connectivity index (χ1n) is 5.73. The van der Waals surface area contributed by atoms with Gasteiger partial charge >= 0.3 is 0 Å². The molecule has 1 aromatic heterocycles. The zero-order valence-corrected chi connectivity index (χ0v) is 10.7. The van der Waals surface area contributed by atoms with Crippen molar-refractivity contribution in [2.24, 2.45) is 0 Å². The Balaban J connectivity index is 2.46. The summed E-state index contributed by atoms with van der Waals surface area (Å²) in [5, 5.41) is 0. The largest absolute Gasteiger partial charge is 0.481 e. The molecule has 0 amide bonds. The number of hydrogen-bond donors (Lipinski definition) is 0. The number of ketones is 1. The Hall–Kier alpha value is -2.16. The highest BCUT2D eigenvalue weighted by molar-refractivity contribution is 5.95. The van der Waals surface area contributed by atoms with E-state index in [2.05, 4.69) is 4.98 Å². The van der Waals surface area contributed by atoms with Crippen LogP contribution in [0.4, 0.5) is 0 Å². The van der Waals surface area contributed by atoms with Crippen molar-refractivity contribution in [2.45, 2.75) is 13.8 Å². The average Bonchev–Trinajstić information content (AvgIpc) is 2.38. The van der Waals surface area contributed by atoms with E-state index in [0.717, 1.165) is 22.3 Å². The average molecular weight is 241 g/mol. The minimum Gasteiger partial charge on any atom is -0.481 e. The van der Waals surface area contributed by atoms with Gasteiger partial charge < -0.3 is 4.74 Å². The number of pyridine rings is 1. The molecule has 0 radical (unpaired) electrons. The third-order valence-corrected chi connectivity index (χ3v) is 2.76. The molecule has 18 heavy (non-hydrogen) atoms. The minimum atomic E-state index is 0.0708. The molecule has 0 bridgehead atoms. The lowest BCUT2D eigenvalue weighted by molar-refractivity contribution is 0.101. The lowest BCUT2D eigenvalue weighted by atomic mass is 10.00. The lowest BCUT2D eigenvalue weighted by Crippen LogP contribution is -1.94. The SMILES string of the molecule is COc1ccc(-c2cc(C)cc(C(C)=O)c2)cn1. The Bertz CT molecular complexity index is 574. The van der Waals surface area contributed by atoms with Gasteiger partial charge in [-0.2, -0.15) is 0 Å². The molecule has 1 heterocycles. The summed E-state index contributed by atoms with van der Waals surface area (Å²) >= 11 is 0. The molecule has 0 aliphatic heterocycles. The van der Waals surface area contributed by atoms with E-state index in [4.69, 9.17) is 4.74 Å². The predicted octanol–water partition coefficient (Wildman–Crippen LogP) is 3.27. The number of ether oxygens (including phenoxy) is 1. The van der Waals surface area contributed by atoms with Crippen LogP contribution in [0.3, 0.4) is 0 Å². The van der Waals surface area contributed by atoms with Gasteiger partial charge in [0, 0.05) is 23.4 Å². The number of hydrogen-bond acceptors (Lipinski definition) is 3. The number of carbonyl (C=O) groups excluding carboxylic acids is 1. The van der Waals surface area contributed by atoms with E-state index in [9.17, 15) is 4.79 Å². The van der Waals surface area contributed by atoms with Crippen molar-refractivity contribution in [3.05, 3.63) is 47.7 Å². The van der Waals surface area contributed by atoms with Crippen molar-refractivity contribution >= 4 is 5.78 Å². The quantitative estimate of drug-likeness (QED) is 0.774. The van der Waals surface area contributed by atoms with Crippen LogP contribution in [0, 0.1) is 6.92 Å². The summed E-state index contributed by atoms with van der Waals surface area (Å²) in [5.41, 5.74) is 3.76. The second-order valence-corrected chi connectivity index (χ2v) is 4.23. The summed E-state index contributed by atoms with van der Waals surface area (Å²) < 4.78 is 5.03. The molecule has 3 nitrogen and oxygen atoms in total. The van der Waals surface area contributed by atoms with E-state index in [0.29, 0.717) is 5.88 Å². The van der Waals surface area contributed by atoms with Gasteiger partial charge in [-0.05, 0) is 43.2 Å². The fraction of sp³-hybridized carbons (Fsp3) is 0.200.